The molecule has 2 heterocycles. The van der Waals surface area contributed by atoms with Crippen LogP contribution in [0.5, 0.6) is 0 Å². The molecule has 1 aromatic carbocycles. The van der Waals surface area contributed by atoms with Gasteiger partial charge in [-0.2, -0.15) is 4.31 Å². The average molecular weight is 438 g/mol. The predicted octanol–water partition coefficient (Wildman–Crippen LogP) is 1.34. The molecule has 29 heavy (non-hydrogen) atoms. The van der Waals surface area contributed by atoms with Gasteiger partial charge < -0.3 is 15.4 Å². The Morgan fingerprint density at radius 2 is 1.72 bits per heavy atom. The highest BCUT2D eigenvalue weighted by Crippen LogP contribution is 2.25. The summed E-state index contributed by atoms with van der Waals surface area (Å²) in [6.07, 6.45) is 0. The van der Waals surface area contributed by atoms with Gasteiger partial charge in [-0.05, 0) is 29.8 Å². The lowest BCUT2D eigenvalue weighted by Crippen LogP contribution is -2.40. The fourth-order valence-corrected chi connectivity index (χ4v) is 5.63. The summed E-state index contributed by atoms with van der Waals surface area (Å²) in [4.78, 5) is 24.0. The zero-order chi connectivity index (χ0) is 20.9. The van der Waals surface area contributed by atoms with E-state index in [1.54, 1.807) is 36.4 Å². The number of morpholine rings is 1. The number of carbonyl (C=O) groups is 2. The van der Waals surface area contributed by atoms with Crippen molar-refractivity contribution in [3.8, 4) is 0 Å². The van der Waals surface area contributed by atoms with Gasteiger partial charge in [0.2, 0.25) is 5.91 Å². The lowest BCUT2D eigenvalue weighted by Gasteiger charge is -2.25. The molecule has 1 fully saturated rings. The number of thiophene rings is 1. The molecule has 0 unspecified atom stereocenters. The van der Waals surface area contributed by atoms with Crippen LogP contribution in [0.3, 0.4) is 0 Å². The Morgan fingerprint density at radius 3 is 2.38 bits per heavy atom. The summed E-state index contributed by atoms with van der Waals surface area (Å²) in [6.45, 7) is 3.61. The van der Waals surface area contributed by atoms with Crippen LogP contribution in [0.1, 0.15) is 27.7 Å². The van der Waals surface area contributed by atoms with Crippen LogP contribution in [0.25, 0.3) is 0 Å². The lowest BCUT2D eigenvalue weighted by molar-refractivity contribution is -0.119. The molecule has 8 nitrogen and oxygen atoms in total. The minimum atomic E-state index is -3.52. The quantitative estimate of drug-likeness (QED) is 0.680. The van der Waals surface area contributed by atoms with Gasteiger partial charge in [-0.25, -0.2) is 8.42 Å². The van der Waals surface area contributed by atoms with Crippen molar-refractivity contribution in [1.82, 2.24) is 14.9 Å². The third-order valence-electron chi connectivity index (χ3n) is 4.38. The van der Waals surface area contributed by atoms with Crippen molar-refractivity contribution >= 4 is 33.2 Å². The third-order valence-corrected chi connectivity index (χ3v) is 7.83. The molecule has 0 aliphatic carbocycles. The van der Waals surface area contributed by atoms with Crippen LogP contribution in [-0.4, -0.2) is 50.8 Å². The Hall–Kier alpha value is -2.27. The normalized spacial score (nSPS) is 15.1. The average Bonchev–Trinajstić information content (AvgIpc) is 3.21. The number of amides is 2. The van der Waals surface area contributed by atoms with Gasteiger partial charge in [0.1, 0.15) is 4.21 Å². The van der Waals surface area contributed by atoms with Crippen molar-refractivity contribution in [1.29, 1.82) is 0 Å². The van der Waals surface area contributed by atoms with Crippen LogP contribution in [0.4, 0.5) is 0 Å². The number of sulfonamides is 1. The molecule has 0 spiro atoms. The molecule has 1 saturated heterocycles. The summed E-state index contributed by atoms with van der Waals surface area (Å²) in [5.41, 5.74) is 1.39. The summed E-state index contributed by atoms with van der Waals surface area (Å²) in [7, 11) is -3.52. The van der Waals surface area contributed by atoms with Gasteiger partial charge in [0, 0.05) is 37.0 Å². The van der Waals surface area contributed by atoms with Crippen LogP contribution >= 0.6 is 11.3 Å². The van der Waals surface area contributed by atoms with E-state index in [-0.39, 0.29) is 22.6 Å². The zero-order valence-electron chi connectivity index (χ0n) is 16.0. The maximum absolute atomic E-state index is 12.7. The molecule has 0 bridgehead atoms. The van der Waals surface area contributed by atoms with E-state index in [1.165, 1.54) is 11.2 Å². The molecule has 10 heteroatoms. The van der Waals surface area contributed by atoms with Gasteiger partial charge >= 0.3 is 0 Å². The zero-order valence-corrected chi connectivity index (χ0v) is 17.6. The SMILES string of the molecule is CC(=O)NCc1ccc(C(=O)NCc2ccc(S(=O)(=O)N3CCOCC3)s2)cc1. The largest absolute Gasteiger partial charge is 0.379 e. The van der Waals surface area contributed by atoms with E-state index in [4.69, 9.17) is 4.74 Å². The number of nitrogens with one attached hydrogen (secondary N) is 2. The smallest absolute Gasteiger partial charge is 0.252 e. The van der Waals surface area contributed by atoms with Crippen molar-refractivity contribution in [2.24, 2.45) is 0 Å². The maximum Gasteiger partial charge on any atom is 0.252 e. The molecule has 156 valence electrons. The summed E-state index contributed by atoms with van der Waals surface area (Å²) in [5, 5.41) is 5.50. The Morgan fingerprint density at radius 1 is 1.03 bits per heavy atom. The minimum absolute atomic E-state index is 0.113. The number of benzene rings is 1. The van der Waals surface area contributed by atoms with E-state index >= 15 is 0 Å². The van der Waals surface area contributed by atoms with Gasteiger partial charge in [0.05, 0.1) is 19.8 Å². The molecule has 2 amide bonds. The Bertz CT molecular complexity index is 964. The maximum atomic E-state index is 12.7. The van der Waals surface area contributed by atoms with Crippen molar-refractivity contribution < 1.29 is 22.7 Å². The first-order valence-electron chi connectivity index (χ1n) is 9.14. The van der Waals surface area contributed by atoms with E-state index in [1.807, 2.05) is 0 Å². The van der Waals surface area contributed by atoms with Gasteiger partial charge in [0.25, 0.3) is 15.9 Å². The number of carbonyl (C=O) groups excluding carboxylic acids is 2. The third kappa shape index (κ3) is 5.63. The lowest BCUT2D eigenvalue weighted by atomic mass is 10.1. The fraction of sp³-hybridized carbons (Fsp3) is 0.368. The standard InChI is InChI=1S/C19H23N3O5S2/c1-14(23)20-12-15-2-4-16(5-3-15)19(24)21-13-17-6-7-18(28-17)29(25,26)22-8-10-27-11-9-22/h2-7H,8-13H2,1H3,(H,20,23)(H,21,24). The molecule has 0 radical (unpaired) electrons. The Kier molecular flexibility index (Phi) is 7.01. The van der Waals surface area contributed by atoms with Gasteiger partial charge in [-0.1, -0.05) is 12.1 Å². The predicted molar refractivity (Wildman–Crippen MR) is 109 cm³/mol. The van der Waals surface area contributed by atoms with Crippen LogP contribution in [-0.2, 0) is 32.6 Å². The van der Waals surface area contributed by atoms with Crippen molar-refractivity contribution in [3.63, 3.8) is 0 Å². The van der Waals surface area contributed by atoms with E-state index in [0.29, 0.717) is 38.4 Å². The highest BCUT2D eigenvalue weighted by atomic mass is 32.2. The van der Waals surface area contributed by atoms with Crippen molar-refractivity contribution in [2.45, 2.75) is 24.2 Å². The molecule has 2 N–H and O–H groups in total. The van der Waals surface area contributed by atoms with Crippen molar-refractivity contribution in [2.75, 3.05) is 26.3 Å². The van der Waals surface area contributed by atoms with Gasteiger partial charge in [-0.3, -0.25) is 9.59 Å². The molecule has 3 rings (SSSR count). The van der Waals surface area contributed by atoms with Gasteiger partial charge in [0.15, 0.2) is 0 Å². The highest BCUT2D eigenvalue weighted by molar-refractivity contribution is 7.91. The van der Waals surface area contributed by atoms with Crippen LogP contribution < -0.4 is 10.6 Å². The van der Waals surface area contributed by atoms with Crippen LogP contribution in [0.15, 0.2) is 40.6 Å². The molecule has 1 aromatic heterocycles. The van der Waals surface area contributed by atoms with E-state index in [2.05, 4.69) is 10.6 Å². The first kappa shape index (κ1) is 21.4. The van der Waals surface area contributed by atoms with E-state index in [0.717, 1.165) is 21.8 Å². The second kappa shape index (κ2) is 9.49. The molecule has 0 saturated carbocycles. The summed E-state index contributed by atoms with van der Waals surface area (Å²) >= 11 is 1.16. The van der Waals surface area contributed by atoms with E-state index in [9.17, 15) is 18.0 Å². The minimum Gasteiger partial charge on any atom is -0.379 e. The molecule has 0 atom stereocenters. The van der Waals surface area contributed by atoms with Crippen molar-refractivity contribution in [3.05, 3.63) is 52.4 Å². The van der Waals surface area contributed by atoms with Gasteiger partial charge in [-0.15, -0.1) is 11.3 Å². The molecular formula is C19H23N3O5S2. The second-order valence-electron chi connectivity index (χ2n) is 6.53. The number of nitrogens with zero attached hydrogens (tertiary/aromatic N) is 1. The molecule has 1 aliphatic heterocycles. The summed E-state index contributed by atoms with van der Waals surface area (Å²) in [5.74, 6) is -0.361. The number of hydrogen-bond donors (Lipinski definition) is 2. The topological polar surface area (TPSA) is 105 Å². The Balaban J connectivity index is 1.56. The van der Waals surface area contributed by atoms with E-state index < -0.39 is 10.0 Å². The van der Waals surface area contributed by atoms with Crippen LogP contribution in [0, 0.1) is 0 Å². The fourth-order valence-electron chi connectivity index (χ4n) is 2.78. The second-order valence-corrected chi connectivity index (χ2v) is 9.86. The highest BCUT2D eigenvalue weighted by Gasteiger charge is 2.27. The number of hydrogen-bond acceptors (Lipinski definition) is 6. The molecular weight excluding hydrogens is 414 g/mol. The molecule has 2 aromatic rings. The first-order valence-corrected chi connectivity index (χ1v) is 11.4. The summed E-state index contributed by atoms with van der Waals surface area (Å²) in [6, 6.07) is 10.2. The number of rotatable bonds is 7. The monoisotopic (exact) mass is 437 g/mol. The Labute approximate surface area is 173 Å². The van der Waals surface area contributed by atoms with Crippen LogP contribution in [0.2, 0.25) is 0 Å². The summed E-state index contributed by atoms with van der Waals surface area (Å²) < 4.78 is 32.2. The molecule has 1 aliphatic rings. The number of ether oxygens (including phenoxy) is 1. The first-order chi connectivity index (χ1) is 13.9.